The Labute approximate surface area is 162 Å². The number of para-hydroxylation sites is 1. The van der Waals surface area contributed by atoms with Gasteiger partial charge in [-0.2, -0.15) is 0 Å². The van der Waals surface area contributed by atoms with Gasteiger partial charge >= 0.3 is 0 Å². The van der Waals surface area contributed by atoms with Crippen LogP contribution in [0.15, 0.2) is 48.7 Å². The zero-order valence-electron chi connectivity index (χ0n) is 15.7. The van der Waals surface area contributed by atoms with E-state index < -0.39 is 0 Å². The fourth-order valence-electron chi connectivity index (χ4n) is 3.34. The molecule has 0 fully saturated rings. The number of hydrogen-bond donors (Lipinski definition) is 1. The second-order valence-electron chi connectivity index (χ2n) is 6.90. The van der Waals surface area contributed by atoms with Crippen LogP contribution in [0.4, 0.5) is 4.39 Å². The molecule has 1 aliphatic heterocycles. The molecule has 6 heteroatoms. The highest BCUT2D eigenvalue weighted by Crippen LogP contribution is 2.38. The number of aryl methyl sites for hydroxylation is 2. The molecule has 5 nitrogen and oxygen atoms in total. The third-order valence-corrected chi connectivity index (χ3v) is 4.76. The van der Waals surface area contributed by atoms with E-state index in [-0.39, 0.29) is 17.8 Å². The zero-order valence-corrected chi connectivity index (χ0v) is 15.7. The number of halogens is 1. The van der Waals surface area contributed by atoms with Gasteiger partial charge in [0.05, 0.1) is 23.6 Å². The molecule has 0 radical (unpaired) electrons. The minimum Gasteiger partial charge on any atom is -0.487 e. The molecular formula is C22H20FN3O2. The quantitative estimate of drug-likeness (QED) is 0.754. The van der Waals surface area contributed by atoms with E-state index in [1.54, 1.807) is 6.20 Å². The van der Waals surface area contributed by atoms with Crippen LogP contribution < -0.4 is 10.1 Å². The number of benzene rings is 2. The lowest BCUT2D eigenvalue weighted by Crippen LogP contribution is -2.34. The van der Waals surface area contributed by atoms with Gasteiger partial charge in [0, 0.05) is 23.7 Å². The van der Waals surface area contributed by atoms with Crippen molar-refractivity contribution in [1.82, 2.24) is 15.3 Å². The molecule has 1 N–H and O–H groups in total. The Kier molecular flexibility index (Phi) is 4.77. The molecule has 2 heterocycles. The topological polar surface area (TPSA) is 64.1 Å². The normalized spacial score (nSPS) is 15.0. The van der Waals surface area contributed by atoms with Crippen molar-refractivity contribution in [3.63, 3.8) is 0 Å². The van der Waals surface area contributed by atoms with Crippen molar-refractivity contribution < 1.29 is 13.9 Å². The summed E-state index contributed by atoms with van der Waals surface area (Å²) in [6, 6.07) is 11.5. The molecular weight excluding hydrogens is 357 g/mol. The number of carbonyl (C=O) groups is 1. The number of aromatic nitrogens is 2. The average molecular weight is 377 g/mol. The molecule has 0 saturated heterocycles. The number of nitrogens with zero attached hydrogens (tertiary/aromatic N) is 2. The first-order valence-corrected chi connectivity index (χ1v) is 9.14. The molecule has 1 unspecified atom stereocenters. The van der Waals surface area contributed by atoms with Crippen molar-refractivity contribution >= 4 is 5.91 Å². The van der Waals surface area contributed by atoms with Crippen LogP contribution in [-0.4, -0.2) is 28.5 Å². The molecule has 28 heavy (non-hydrogen) atoms. The lowest BCUT2D eigenvalue weighted by atomic mass is 10.0. The molecule has 0 aliphatic carbocycles. The van der Waals surface area contributed by atoms with Gasteiger partial charge in [0.2, 0.25) is 0 Å². The second kappa shape index (κ2) is 7.38. The van der Waals surface area contributed by atoms with Crippen molar-refractivity contribution in [2.75, 3.05) is 6.54 Å². The standard InChI is InChI=1S/C22H20FN3O2/c1-13-11-24-14(2)20(26-13)19-5-3-4-16-10-18(28-21(16)19)12-25-22(27)15-6-8-17(23)9-7-15/h3-9,11,18H,10,12H2,1-2H3,(H,25,27). The van der Waals surface area contributed by atoms with Gasteiger partial charge in [-0.3, -0.25) is 9.78 Å². The first-order chi connectivity index (χ1) is 13.5. The summed E-state index contributed by atoms with van der Waals surface area (Å²) in [6.45, 7) is 4.20. The lowest BCUT2D eigenvalue weighted by molar-refractivity contribution is 0.0933. The monoisotopic (exact) mass is 377 g/mol. The molecule has 1 atom stereocenters. The van der Waals surface area contributed by atoms with Crippen LogP contribution in [0.2, 0.25) is 0 Å². The maximum atomic E-state index is 13.0. The highest BCUT2D eigenvalue weighted by atomic mass is 19.1. The maximum Gasteiger partial charge on any atom is 0.251 e. The van der Waals surface area contributed by atoms with Gasteiger partial charge in [0.25, 0.3) is 5.91 Å². The largest absolute Gasteiger partial charge is 0.487 e. The first-order valence-electron chi connectivity index (χ1n) is 9.14. The van der Waals surface area contributed by atoms with Crippen molar-refractivity contribution in [2.24, 2.45) is 0 Å². The Morgan fingerprint density at radius 3 is 2.79 bits per heavy atom. The molecule has 142 valence electrons. The van der Waals surface area contributed by atoms with Crippen molar-refractivity contribution in [1.29, 1.82) is 0 Å². The third kappa shape index (κ3) is 3.58. The highest BCUT2D eigenvalue weighted by molar-refractivity contribution is 5.94. The average Bonchev–Trinajstić information content (AvgIpc) is 3.12. The van der Waals surface area contributed by atoms with Crippen molar-refractivity contribution in [3.05, 3.63) is 77.0 Å². The zero-order chi connectivity index (χ0) is 19.7. The van der Waals surface area contributed by atoms with Gasteiger partial charge in [-0.05, 0) is 49.7 Å². The van der Waals surface area contributed by atoms with Crippen LogP contribution in [0, 0.1) is 19.7 Å². The molecule has 0 bridgehead atoms. The molecule has 4 rings (SSSR count). The summed E-state index contributed by atoms with van der Waals surface area (Å²) in [5.41, 5.74) is 4.92. The summed E-state index contributed by atoms with van der Waals surface area (Å²) in [5, 5.41) is 2.86. The molecule has 0 spiro atoms. The summed E-state index contributed by atoms with van der Waals surface area (Å²) in [4.78, 5) is 21.3. The number of hydrogen-bond acceptors (Lipinski definition) is 4. The van der Waals surface area contributed by atoms with Gasteiger partial charge in [0.1, 0.15) is 17.7 Å². The molecule has 2 aromatic carbocycles. The van der Waals surface area contributed by atoms with E-state index in [9.17, 15) is 9.18 Å². The van der Waals surface area contributed by atoms with E-state index in [1.807, 2.05) is 32.0 Å². The van der Waals surface area contributed by atoms with E-state index in [0.29, 0.717) is 18.5 Å². The van der Waals surface area contributed by atoms with Gasteiger partial charge in [-0.1, -0.05) is 12.1 Å². The lowest BCUT2D eigenvalue weighted by Gasteiger charge is -2.14. The maximum absolute atomic E-state index is 13.0. The van der Waals surface area contributed by atoms with Gasteiger partial charge in [-0.15, -0.1) is 0 Å². The van der Waals surface area contributed by atoms with E-state index in [1.165, 1.54) is 24.3 Å². The van der Waals surface area contributed by atoms with Crippen molar-refractivity contribution in [3.8, 4) is 17.0 Å². The van der Waals surface area contributed by atoms with Gasteiger partial charge in [-0.25, -0.2) is 9.37 Å². The van der Waals surface area contributed by atoms with Crippen LogP contribution >= 0.6 is 0 Å². The number of rotatable bonds is 4. The number of fused-ring (bicyclic) bond motifs is 1. The van der Waals surface area contributed by atoms with Crippen LogP contribution in [0.1, 0.15) is 27.3 Å². The second-order valence-corrected chi connectivity index (χ2v) is 6.90. The van der Waals surface area contributed by atoms with Crippen LogP contribution in [-0.2, 0) is 6.42 Å². The Morgan fingerprint density at radius 2 is 2.00 bits per heavy atom. The minimum atomic E-state index is -0.367. The van der Waals surface area contributed by atoms with Gasteiger partial charge < -0.3 is 10.1 Å². The Bertz CT molecular complexity index is 1030. The Balaban J connectivity index is 1.49. The predicted octanol–water partition coefficient (Wildman–Crippen LogP) is 3.63. The molecule has 1 amide bonds. The summed E-state index contributed by atoms with van der Waals surface area (Å²) < 4.78 is 19.2. The number of amides is 1. The third-order valence-electron chi connectivity index (χ3n) is 4.76. The molecule has 1 aromatic heterocycles. The number of ether oxygens (including phenoxy) is 1. The highest BCUT2D eigenvalue weighted by Gasteiger charge is 2.27. The SMILES string of the molecule is Cc1cnc(C)c(-c2cccc3c2OC(CNC(=O)c2ccc(F)cc2)C3)n1. The number of carbonyl (C=O) groups excluding carboxylic acids is 1. The fourth-order valence-corrected chi connectivity index (χ4v) is 3.34. The Morgan fingerprint density at radius 1 is 1.21 bits per heavy atom. The summed E-state index contributed by atoms with van der Waals surface area (Å²) in [5.74, 6) is 0.180. The summed E-state index contributed by atoms with van der Waals surface area (Å²) in [6.07, 6.45) is 2.28. The summed E-state index contributed by atoms with van der Waals surface area (Å²) >= 11 is 0. The van der Waals surface area contributed by atoms with Crippen LogP contribution in [0.3, 0.4) is 0 Å². The van der Waals surface area contributed by atoms with E-state index in [2.05, 4.69) is 15.3 Å². The van der Waals surface area contributed by atoms with Crippen LogP contribution in [0.25, 0.3) is 11.3 Å². The number of nitrogens with one attached hydrogen (secondary N) is 1. The predicted molar refractivity (Wildman–Crippen MR) is 104 cm³/mol. The fraction of sp³-hybridized carbons (Fsp3) is 0.227. The van der Waals surface area contributed by atoms with Gasteiger partial charge in [0.15, 0.2) is 0 Å². The molecule has 0 saturated carbocycles. The Hall–Kier alpha value is -3.28. The van der Waals surface area contributed by atoms with E-state index in [0.717, 1.165) is 34.0 Å². The van der Waals surface area contributed by atoms with Crippen LogP contribution in [0.5, 0.6) is 5.75 Å². The summed E-state index contributed by atoms with van der Waals surface area (Å²) in [7, 11) is 0. The smallest absolute Gasteiger partial charge is 0.251 e. The van der Waals surface area contributed by atoms with Crippen molar-refractivity contribution in [2.45, 2.75) is 26.4 Å². The minimum absolute atomic E-state index is 0.168. The first kappa shape index (κ1) is 18.1. The molecule has 1 aliphatic rings. The molecule has 3 aromatic rings. The van der Waals surface area contributed by atoms with E-state index >= 15 is 0 Å². The van der Waals surface area contributed by atoms with E-state index in [4.69, 9.17) is 4.74 Å².